The molecule has 0 aliphatic carbocycles. The topological polar surface area (TPSA) is 73.9 Å². The summed E-state index contributed by atoms with van der Waals surface area (Å²) in [6.07, 6.45) is -0.0913. The first-order chi connectivity index (χ1) is 12.6. The van der Waals surface area contributed by atoms with E-state index < -0.39 is 12.1 Å². The molecule has 1 aliphatic heterocycles. The first-order valence-corrected chi connectivity index (χ1v) is 8.52. The molecule has 6 heteroatoms. The standard InChI is InChI=1S/C20H21NO5/c1-3-14-8-6-7-13(2)19(14)21-18(22)12-25-20(23)17-11-24-15-9-4-5-10-16(15)26-17/h4-10,17H,3,11-12H2,1-2H3,(H,21,22). The average molecular weight is 355 g/mol. The number of fused-ring (bicyclic) bond motifs is 1. The van der Waals surface area contributed by atoms with E-state index in [0.29, 0.717) is 11.5 Å². The monoisotopic (exact) mass is 355 g/mol. The van der Waals surface area contributed by atoms with E-state index in [0.717, 1.165) is 23.2 Å². The molecular formula is C20H21NO5. The van der Waals surface area contributed by atoms with Gasteiger partial charge >= 0.3 is 5.97 Å². The van der Waals surface area contributed by atoms with Crippen LogP contribution in [0.5, 0.6) is 11.5 Å². The van der Waals surface area contributed by atoms with Crippen molar-refractivity contribution in [1.29, 1.82) is 0 Å². The number of nitrogens with one attached hydrogen (secondary N) is 1. The first-order valence-electron chi connectivity index (χ1n) is 8.52. The fourth-order valence-corrected chi connectivity index (χ4v) is 2.74. The van der Waals surface area contributed by atoms with E-state index >= 15 is 0 Å². The van der Waals surface area contributed by atoms with Gasteiger partial charge < -0.3 is 19.5 Å². The molecule has 1 aliphatic rings. The van der Waals surface area contributed by atoms with Crippen LogP contribution in [0.2, 0.25) is 0 Å². The van der Waals surface area contributed by atoms with Gasteiger partial charge in [0.25, 0.3) is 5.91 Å². The molecule has 0 spiro atoms. The van der Waals surface area contributed by atoms with Crippen molar-refractivity contribution in [2.24, 2.45) is 0 Å². The quantitative estimate of drug-likeness (QED) is 0.835. The van der Waals surface area contributed by atoms with Gasteiger partial charge in [0.1, 0.15) is 6.61 Å². The zero-order valence-electron chi connectivity index (χ0n) is 14.8. The first kappa shape index (κ1) is 17.8. The second kappa shape index (κ2) is 7.91. The molecule has 1 amide bonds. The van der Waals surface area contributed by atoms with Crippen LogP contribution in [-0.2, 0) is 20.7 Å². The number of hydrogen-bond acceptors (Lipinski definition) is 5. The fraction of sp³-hybridized carbons (Fsp3) is 0.300. The summed E-state index contributed by atoms with van der Waals surface area (Å²) in [4.78, 5) is 24.3. The van der Waals surface area contributed by atoms with E-state index in [4.69, 9.17) is 14.2 Å². The second-order valence-electron chi connectivity index (χ2n) is 5.98. The highest BCUT2D eigenvalue weighted by molar-refractivity contribution is 5.94. The Balaban J connectivity index is 1.55. The number of hydrogen-bond donors (Lipinski definition) is 1. The summed E-state index contributed by atoms with van der Waals surface area (Å²) in [6.45, 7) is 3.61. The van der Waals surface area contributed by atoms with Gasteiger partial charge in [0.2, 0.25) is 6.10 Å². The van der Waals surface area contributed by atoms with Gasteiger partial charge in [-0.3, -0.25) is 4.79 Å². The summed E-state index contributed by atoms with van der Waals surface area (Å²) in [5, 5.41) is 2.82. The van der Waals surface area contributed by atoms with Gasteiger partial charge in [0.05, 0.1) is 0 Å². The van der Waals surface area contributed by atoms with E-state index in [9.17, 15) is 9.59 Å². The maximum absolute atomic E-state index is 12.2. The zero-order valence-corrected chi connectivity index (χ0v) is 14.8. The highest BCUT2D eigenvalue weighted by Crippen LogP contribution is 2.31. The van der Waals surface area contributed by atoms with Crippen LogP contribution < -0.4 is 14.8 Å². The molecule has 0 fully saturated rings. The number of para-hydroxylation sites is 3. The van der Waals surface area contributed by atoms with Gasteiger partial charge in [-0.25, -0.2) is 4.79 Å². The van der Waals surface area contributed by atoms with Crippen molar-refractivity contribution >= 4 is 17.6 Å². The lowest BCUT2D eigenvalue weighted by Gasteiger charge is -2.24. The molecule has 1 unspecified atom stereocenters. The molecule has 1 atom stereocenters. The Hall–Kier alpha value is -3.02. The summed E-state index contributed by atoms with van der Waals surface area (Å²) in [5.74, 6) is 0.0493. The molecule has 3 rings (SSSR count). The Morgan fingerprint density at radius 2 is 1.92 bits per heavy atom. The lowest BCUT2D eigenvalue weighted by Crippen LogP contribution is -2.39. The predicted octanol–water partition coefficient (Wildman–Crippen LogP) is 2.88. The van der Waals surface area contributed by atoms with Gasteiger partial charge in [-0.2, -0.15) is 0 Å². The Morgan fingerprint density at radius 3 is 2.69 bits per heavy atom. The smallest absolute Gasteiger partial charge is 0.351 e. The van der Waals surface area contributed by atoms with E-state index in [-0.39, 0.29) is 19.1 Å². The Labute approximate surface area is 152 Å². The molecule has 136 valence electrons. The Morgan fingerprint density at radius 1 is 1.15 bits per heavy atom. The van der Waals surface area contributed by atoms with Crippen LogP contribution in [0.3, 0.4) is 0 Å². The number of carbonyl (C=O) groups is 2. The minimum Gasteiger partial charge on any atom is -0.485 e. The third-order valence-electron chi connectivity index (χ3n) is 4.12. The summed E-state index contributed by atoms with van der Waals surface area (Å²) < 4.78 is 16.1. The van der Waals surface area contributed by atoms with E-state index in [1.165, 1.54) is 0 Å². The largest absolute Gasteiger partial charge is 0.485 e. The molecule has 2 aromatic carbocycles. The normalized spacial score (nSPS) is 15.2. The van der Waals surface area contributed by atoms with Crippen LogP contribution in [0.1, 0.15) is 18.1 Å². The van der Waals surface area contributed by atoms with Gasteiger partial charge in [-0.15, -0.1) is 0 Å². The zero-order chi connectivity index (χ0) is 18.5. The molecule has 0 saturated heterocycles. The number of amides is 1. The predicted molar refractivity (Wildman–Crippen MR) is 96.5 cm³/mol. The highest BCUT2D eigenvalue weighted by atomic mass is 16.6. The number of aryl methyl sites for hydroxylation is 2. The molecule has 1 N–H and O–H groups in total. The summed E-state index contributed by atoms with van der Waals surface area (Å²) >= 11 is 0. The Bertz CT molecular complexity index is 818. The number of ether oxygens (including phenoxy) is 3. The minimum atomic E-state index is -0.887. The SMILES string of the molecule is CCc1cccc(C)c1NC(=O)COC(=O)C1COc2ccccc2O1. The maximum Gasteiger partial charge on any atom is 0.351 e. The van der Waals surface area contributed by atoms with Gasteiger partial charge in [-0.05, 0) is 36.6 Å². The van der Waals surface area contributed by atoms with Crippen LogP contribution >= 0.6 is 0 Å². The molecule has 0 saturated carbocycles. The van der Waals surface area contributed by atoms with Gasteiger partial charge in [0, 0.05) is 5.69 Å². The van der Waals surface area contributed by atoms with Crippen LogP contribution in [0, 0.1) is 6.92 Å². The van der Waals surface area contributed by atoms with Crippen molar-refractivity contribution < 1.29 is 23.8 Å². The molecule has 0 bridgehead atoms. The molecule has 1 heterocycles. The van der Waals surface area contributed by atoms with Crippen molar-refractivity contribution in [2.75, 3.05) is 18.5 Å². The van der Waals surface area contributed by atoms with Crippen LogP contribution in [0.25, 0.3) is 0 Å². The third kappa shape index (κ3) is 3.96. The molecular weight excluding hydrogens is 334 g/mol. The van der Waals surface area contributed by atoms with Crippen molar-refractivity contribution in [3.8, 4) is 11.5 Å². The lowest BCUT2D eigenvalue weighted by atomic mass is 10.1. The van der Waals surface area contributed by atoms with Gasteiger partial charge in [0.15, 0.2) is 18.1 Å². The number of carbonyl (C=O) groups excluding carboxylic acids is 2. The average Bonchev–Trinajstić information content (AvgIpc) is 2.67. The summed E-state index contributed by atoms with van der Waals surface area (Å²) in [7, 11) is 0. The second-order valence-corrected chi connectivity index (χ2v) is 5.98. The molecule has 26 heavy (non-hydrogen) atoms. The lowest BCUT2D eigenvalue weighted by molar-refractivity contribution is -0.156. The number of benzene rings is 2. The summed E-state index contributed by atoms with van der Waals surface area (Å²) in [6, 6.07) is 12.9. The maximum atomic E-state index is 12.2. The number of rotatable bonds is 5. The molecule has 2 aromatic rings. The highest BCUT2D eigenvalue weighted by Gasteiger charge is 2.29. The Kier molecular flexibility index (Phi) is 5.41. The molecule has 0 aromatic heterocycles. The third-order valence-corrected chi connectivity index (χ3v) is 4.12. The van der Waals surface area contributed by atoms with E-state index in [1.54, 1.807) is 18.2 Å². The van der Waals surface area contributed by atoms with Crippen molar-refractivity contribution in [1.82, 2.24) is 0 Å². The van der Waals surface area contributed by atoms with Crippen molar-refractivity contribution in [2.45, 2.75) is 26.4 Å². The minimum absolute atomic E-state index is 0.0508. The van der Waals surface area contributed by atoms with Crippen molar-refractivity contribution in [3.05, 3.63) is 53.6 Å². The fourth-order valence-electron chi connectivity index (χ4n) is 2.74. The molecule has 0 radical (unpaired) electrons. The van der Waals surface area contributed by atoms with Crippen LogP contribution in [0.4, 0.5) is 5.69 Å². The number of esters is 1. The van der Waals surface area contributed by atoms with E-state index in [2.05, 4.69) is 5.32 Å². The summed E-state index contributed by atoms with van der Waals surface area (Å²) in [5.41, 5.74) is 2.76. The number of anilines is 1. The van der Waals surface area contributed by atoms with E-state index in [1.807, 2.05) is 38.1 Å². The van der Waals surface area contributed by atoms with Crippen LogP contribution in [-0.4, -0.2) is 31.2 Å². The van der Waals surface area contributed by atoms with Gasteiger partial charge in [-0.1, -0.05) is 37.3 Å². The molecule has 6 nitrogen and oxygen atoms in total. The van der Waals surface area contributed by atoms with Crippen molar-refractivity contribution in [3.63, 3.8) is 0 Å². The van der Waals surface area contributed by atoms with Crippen LogP contribution in [0.15, 0.2) is 42.5 Å².